The Morgan fingerprint density at radius 3 is 1.95 bits per heavy atom. The van der Waals surface area contributed by atoms with Crippen LogP contribution in [-0.2, 0) is 19.8 Å². The minimum atomic E-state index is -3.04. The molecule has 1 radical (unpaired) electrons. The van der Waals surface area contributed by atoms with E-state index in [1.807, 2.05) is 24.3 Å². The molecule has 0 amide bonds. The number of rotatable bonds is 12. The number of benzene rings is 1. The highest BCUT2D eigenvalue weighted by Crippen LogP contribution is 2.51. The molecule has 0 aliphatic heterocycles. The summed E-state index contributed by atoms with van der Waals surface area (Å²) in [6.45, 7) is 5.30. The van der Waals surface area contributed by atoms with Gasteiger partial charge >= 0.3 is 7.60 Å². The second-order valence-corrected chi connectivity index (χ2v) is 7.31. The quantitative estimate of drug-likeness (QED) is 0.372. The van der Waals surface area contributed by atoms with Crippen molar-refractivity contribution in [1.82, 2.24) is 0 Å². The highest BCUT2D eigenvalue weighted by atomic mass is 31.2. The first-order chi connectivity index (χ1) is 10.2. The average molecular weight is 311 g/mol. The molecule has 0 N–H and O–H groups in total. The van der Waals surface area contributed by atoms with Gasteiger partial charge in [-0.15, -0.1) is 0 Å². The molecule has 0 saturated carbocycles. The van der Waals surface area contributed by atoms with Crippen LogP contribution in [0.2, 0.25) is 0 Å². The number of hydrogen-bond acceptors (Lipinski definition) is 3. The van der Waals surface area contributed by atoms with Crippen molar-refractivity contribution < 1.29 is 13.6 Å². The minimum Gasteiger partial charge on any atom is -0.308 e. The zero-order valence-electron chi connectivity index (χ0n) is 13.3. The lowest BCUT2D eigenvalue weighted by atomic mass is 10.2. The van der Waals surface area contributed by atoms with Crippen LogP contribution in [0.5, 0.6) is 0 Å². The van der Waals surface area contributed by atoms with Gasteiger partial charge in [-0.05, 0) is 24.5 Å². The molecule has 1 aromatic carbocycles. The molecule has 119 valence electrons. The van der Waals surface area contributed by atoms with Gasteiger partial charge in [0.25, 0.3) is 0 Å². The maximum atomic E-state index is 12.9. The maximum absolute atomic E-state index is 12.9. The zero-order valence-corrected chi connectivity index (χ0v) is 14.2. The normalized spacial score (nSPS) is 11.7. The van der Waals surface area contributed by atoms with E-state index in [2.05, 4.69) is 19.9 Å². The van der Waals surface area contributed by atoms with Crippen LogP contribution in [0.3, 0.4) is 0 Å². The predicted molar refractivity (Wildman–Crippen MR) is 87.5 cm³/mol. The molecule has 0 aromatic heterocycles. The van der Waals surface area contributed by atoms with Crippen LogP contribution >= 0.6 is 7.60 Å². The average Bonchev–Trinajstić information content (AvgIpc) is 2.49. The van der Waals surface area contributed by atoms with E-state index >= 15 is 0 Å². The van der Waals surface area contributed by atoms with Gasteiger partial charge < -0.3 is 9.05 Å². The van der Waals surface area contributed by atoms with Gasteiger partial charge in [-0.1, -0.05) is 63.8 Å². The largest absolute Gasteiger partial charge is 0.335 e. The summed E-state index contributed by atoms with van der Waals surface area (Å²) < 4.78 is 24.1. The molecule has 1 aromatic rings. The lowest BCUT2D eigenvalue weighted by Crippen LogP contribution is -2.02. The number of hydrogen-bond donors (Lipinski definition) is 0. The Morgan fingerprint density at radius 1 is 0.952 bits per heavy atom. The van der Waals surface area contributed by atoms with Gasteiger partial charge in [0, 0.05) is 0 Å². The van der Waals surface area contributed by atoms with E-state index < -0.39 is 7.60 Å². The van der Waals surface area contributed by atoms with Crippen molar-refractivity contribution in [3.63, 3.8) is 0 Å². The fourth-order valence-electron chi connectivity index (χ4n) is 1.99. The molecule has 3 nitrogen and oxygen atoms in total. The Labute approximate surface area is 129 Å². The molecule has 0 bridgehead atoms. The van der Waals surface area contributed by atoms with Crippen LogP contribution in [0, 0.1) is 6.07 Å². The summed E-state index contributed by atoms with van der Waals surface area (Å²) in [5.41, 5.74) is 0.975. The molecule has 0 atom stereocenters. The summed E-state index contributed by atoms with van der Waals surface area (Å²) in [5.74, 6) is 0. The van der Waals surface area contributed by atoms with Crippen LogP contribution in [-0.4, -0.2) is 13.2 Å². The Balaban J connectivity index is 2.53. The third-order valence-electron chi connectivity index (χ3n) is 3.24. The van der Waals surface area contributed by atoms with E-state index in [1.165, 1.54) is 0 Å². The SMILES string of the molecule is CCCCCOP(=O)(Cc1cc[c]cc1)OCCCCC. The Hall–Kier alpha value is -0.630. The predicted octanol–water partition coefficient (Wildman–Crippen LogP) is 5.59. The lowest BCUT2D eigenvalue weighted by molar-refractivity contribution is 0.197. The Kier molecular flexibility index (Phi) is 9.65. The van der Waals surface area contributed by atoms with E-state index in [4.69, 9.17) is 9.05 Å². The maximum Gasteiger partial charge on any atom is 0.335 e. The first-order valence-corrected chi connectivity index (χ1v) is 9.76. The van der Waals surface area contributed by atoms with Crippen molar-refractivity contribution in [1.29, 1.82) is 0 Å². The smallest absolute Gasteiger partial charge is 0.308 e. The molecule has 0 aliphatic rings. The van der Waals surface area contributed by atoms with Crippen molar-refractivity contribution in [2.45, 2.75) is 58.5 Å². The summed E-state index contributed by atoms with van der Waals surface area (Å²) in [6, 6.07) is 10.4. The van der Waals surface area contributed by atoms with E-state index in [-0.39, 0.29) is 0 Å². The van der Waals surface area contributed by atoms with E-state index in [1.54, 1.807) is 0 Å². The van der Waals surface area contributed by atoms with Gasteiger partial charge in [-0.2, -0.15) is 0 Å². The summed E-state index contributed by atoms with van der Waals surface area (Å²) in [7, 11) is -3.04. The summed E-state index contributed by atoms with van der Waals surface area (Å²) in [5, 5.41) is 0. The second-order valence-electron chi connectivity index (χ2n) is 5.26. The van der Waals surface area contributed by atoms with E-state index in [0.717, 1.165) is 44.1 Å². The van der Waals surface area contributed by atoms with Gasteiger partial charge in [0.1, 0.15) is 0 Å². The van der Waals surface area contributed by atoms with Crippen LogP contribution in [0.4, 0.5) is 0 Å². The molecule has 0 spiro atoms. The Morgan fingerprint density at radius 2 is 1.48 bits per heavy atom. The molecule has 0 aliphatic carbocycles. The van der Waals surface area contributed by atoms with Gasteiger partial charge in [0.05, 0.1) is 19.4 Å². The summed E-state index contributed by atoms with van der Waals surface area (Å²) in [4.78, 5) is 0. The van der Waals surface area contributed by atoms with Crippen molar-refractivity contribution in [3.05, 3.63) is 35.9 Å². The third-order valence-corrected chi connectivity index (χ3v) is 5.14. The topological polar surface area (TPSA) is 35.5 Å². The van der Waals surface area contributed by atoms with Crippen LogP contribution in [0.15, 0.2) is 24.3 Å². The van der Waals surface area contributed by atoms with E-state index in [0.29, 0.717) is 19.4 Å². The minimum absolute atomic E-state index is 0.347. The fraction of sp³-hybridized carbons (Fsp3) is 0.647. The van der Waals surface area contributed by atoms with Crippen molar-refractivity contribution in [3.8, 4) is 0 Å². The highest BCUT2D eigenvalue weighted by Gasteiger charge is 2.24. The lowest BCUT2D eigenvalue weighted by Gasteiger charge is -2.19. The van der Waals surface area contributed by atoms with Crippen molar-refractivity contribution >= 4 is 7.60 Å². The molecular formula is C17H28O3P. The van der Waals surface area contributed by atoms with Gasteiger partial charge in [0.2, 0.25) is 0 Å². The van der Waals surface area contributed by atoms with Crippen molar-refractivity contribution in [2.75, 3.05) is 13.2 Å². The van der Waals surface area contributed by atoms with Crippen molar-refractivity contribution in [2.24, 2.45) is 0 Å². The number of unbranched alkanes of at least 4 members (excludes halogenated alkanes) is 4. The molecular weight excluding hydrogens is 283 g/mol. The van der Waals surface area contributed by atoms with Crippen LogP contribution < -0.4 is 0 Å². The highest BCUT2D eigenvalue weighted by molar-refractivity contribution is 7.53. The molecule has 0 saturated heterocycles. The first kappa shape index (κ1) is 18.4. The second kappa shape index (κ2) is 11.0. The van der Waals surface area contributed by atoms with Gasteiger partial charge in [-0.25, -0.2) is 0 Å². The molecule has 0 fully saturated rings. The molecule has 21 heavy (non-hydrogen) atoms. The summed E-state index contributed by atoms with van der Waals surface area (Å²) in [6.07, 6.45) is 6.65. The molecule has 0 heterocycles. The summed E-state index contributed by atoms with van der Waals surface area (Å²) >= 11 is 0. The third kappa shape index (κ3) is 8.40. The molecule has 4 heteroatoms. The standard InChI is InChI=1S/C17H28O3P/c1-3-5-10-14-19-21(18,20-15-11-6-4-2)16-17-12-8-7-9-13-17/h8-9,12-13H,3-6,10-11,14-16H2,1-2H3. The molecule has 1 rings (SSSR count). The van der Waals surface area contributed by atoms with Gasteiger partial charge in [-0.3, -0.25) is 4.57 Å². The molecule has 0 unspecified atom stereocenters. The first-order valence-electron chi connectivity index (χ1n) is 8.03. The fourth-order valence-corrected chi connectivity index (χ4v) is 3.72. The monoisotopic (exact) mass is 311 g/mol. The van der Waals surface area contributed by atoms with Crippen LogP contribution in [0.25, 0.3) is 0 Å². The zero-order chi connectivity index (χ0) is 15.4. The Bertz CT molecular complexity index is 390. The van der Waals surface area contributed by atoms with E-state index in [9.17, 15) is 4.57 Å². The van der Waals surface area contributed by atoms with Crippen LogP contribution in [0.1, 0.15) is 57.9 Å². The van der Waals surface area contributed by atoms with Gasteiger partial charge in [0.15, 0.2) is 0 Å².